The molecule has 0 aliphatic heterocycles. The van der Waals surface area contributed by atoms with Crippen molar-refractivity contribution < 1.29 is 13.9 Å². The van der Waals surface area contributed by atoms with Crippen molar-refractivity contribution in [2.45, 2.75) is 45.6 Å². The lowest BCUT2D eigenvalue weighted by molar-refractivity contribution is -0.0499. The Morgan fingerprint density at radius 3 is 2.40 bits per heavy atom. The molecule has 1 aliphatic carbocycles. The zero-order chi connectivity index (χ0) is 11.7. The fraction of sp³-hybridized carbons (Fsp3) is 1.00. The third-order valence-electron chi connectivity index (χ3n) is 3.19. The quantitative estimate of drug-likeness (QED) is 0.761. The largest absolute Gasteiger partial charge is 0.390 e. The maximum absolute atomic E-state index is 12.8. The molecular formula is C11H21F2NO. The fourth-order valence-corrected chi connectivity index (χ4v) is 2.50. The third-order valence-corrected chi connectivity index (χ3v) is 3.19. The normalized spacial score (nSPS) is 30.8. The highest BCUT2D eigenvalue weighted by Gasteiger charge is 2.38. The first-order valence-corrected chi connectivity index (χ1v) is 5.48. The van der Waals surface area contributed by atoms with E-state index in [-0.39, 0.29) is 11.5 Å². The van der Waals surface area contributed by atoms with Crippen LogP contribution in [0.5, 0.6) is 0 Å². The van der Waals surface area contributed by atoms with Crippen LogP contribution >= 0.6 is 0 Å². The van der Waals surface area contributed by atoms with E-state index in [1.54, 1.807) is 0 Å². The van der Waals surface area contributed by atoms with Gasteiger partial charge < -0.3 is 10.4 Å². The van der Waals surface area contributed by atoms with Crippen molar-refractivity contribution in [3.63, 3.8) is 0 Å². The molecule has 0 aromatic carbocycles. The van der Waals surface area contributed by atoms with Gasteiger partial charge in [-0.15, -0.1) is 0 Å². The predicted molar refractivity (Wildman–Crippen MR) is 56.0 cm³/mol. The molecule has 0 aromatic heterocycles. The van der Waals surface area contributed by atoms with Gasteiger partial charge in [0.05, 0.1) is 6.54 Å². The van der Waals surface area contributed by atoms with Crippen LogP contribution in [-0.4, -0.2) is 30.2 Å². The summed E-state index contributed by atoms with van der Waals surface area (Å²) in [6, 6.07) is 0.150. The van der Waals surface area contributed by atoms with Crippen molar-refractivity contribution in [2.75, 3.05) is 13.2 Å². The van der Waals surface area contributed by atoms with Gasteiger partial charge in [0.25, 0.3) is 5.92 Å². The second kappa shape index (κ2) is 4.34. The molecule has 1 aliphatic rings. The van der Waals surface area contributed by atoms with Crippen molar-refractivity contribution in [1.29, 1.82) is 0 Å². The zero-order valence-corrected chi connectivity index (χ0v) is 9.69. The minimum atomic E-state index is -2.99. The molecule has 4 heteroatoms. The second-order valence-corrected chi connectivity index (χ2v) is 5.55. The van der Waals surface area contributed by atoms with Gasteiger partial charge in [-0.3, -0.25) is 0 Å². The molecule has 2 N–H and O–H groups in total. The second-order valence-electron chi connectivity index (χ2n) is 5.55. The molecule has 90 valence electrons. The minimum Gasteiger partial charge on any atom is -0.390 e. The summed E-state index contributed by atoms with van der Waals surface area (Å²) < 4.78 is 25.6. The highest BCUT2D eigenvalue weighted by Crippen LogP contribution is 2.40. The zero-order valence-electron chi connectivity index (χ0n) is 9.69. The Kier molecular flexibility index (Phi) is 3.71. The van der Waals surface area contributed by atoms with Crippen LogP contribution in [-0.2, 0) is 0 Å². The van der Waals surface area contributed by atoms with Crippen molar-refractivity contribution in [3.05, 3.63) is 0 Å². The summed E-state index contributed by atoms with van der Waals surface area (Å²) in [7, 11) is 0. The first-order chi connectivity index (χ1) is 6.76. The Labute approximate surface area is 90.1 Å². The summed E-state index contributed by atoms with van der Waals surface area (Å²) in [5.74, 6) is -2.57. The number of hydrogen-bond donors (Lipinski definition) is 2. The van der Waals surface area contributed by atoms with Crippen molar-refractivity contribution in [2.24, 2.45) is 11.3 Å². The Balaban J connectivity index is 2.41. The molecule has 1 saturated carbocycles. The van der Waals surface area contributed by atoms with Crippen molar-refractivity contribution >= 4 is 0 Å². The lowest BCUT2D eigenvalue weighted by Crippen LogP contribution is -2.42. The Morgan fingerprint density at radius 2 is 2.00 bits per heavy atom. The monoisotopic (exact) mass is 221 g/mol. The van der Waals surface area contributed by atoms with E-state index in [0.29, 0.717) is 5.92 Å². The summed E-state index contributed by atoms with van der Waals surface area (Å²) in [6.07, 6.45) is 1.99. The number of halogens is 2. The number of hydrogen-bond acceptors (Lipinski definition) is 2. The summed E-state index contributed by atoms with van der Waals surface area (Å²) >= 11 is 0. The van der Waals surface area contributed by atoms with Gasteiger partial charge in [-0.1, -0.05) is 20.8 Å². The van der Waals surface area contributed by atoms with Gasteiger partial charge in [-0.2, -0.15) is 0 Å². The van der Waals surface area contributed by atoms with Crippen molar-refractivity contribution in [1.82, 2.24) is 5.32 Å². The molecule has 2 atom stereocenters. The maximum Gasteiger partial charge on any atom is 0.282 e. The van der Waals surface area contributed by atoms with E-state index in [0.717, 1.165) is 12.8 Å². The van der Waals surface area contributed by atoms with Crippen LogP contribution in [0.2, 0.25) is 0 Å². The van der Waals surface area contributed by atoms with Gasteiger partial charge in [-0.05, 0) is 24.2 Å². The first kappa shape index (κ1) is 12.8. The van der Waals surface area contributed by atoms with Gasteiger partial charge in [0.1, 0.15) is 6.61 Å². The first-order valence-electron chi connectivity index (χ1n) is 5.48. The summed E-state index contributed by atoms with van der Waals surface area (Å²) in [4.78, 5) is 0. The predicted octanol–water partition coefficient (Wildman–Crippen LogP) is 2.03. The highest BCUT2D eigenvalue weighted by molar-refractivity contribution is 4.91. The Hall–Kier alpha value is -0.220. The Morgan fingerprint density at radius 1 is 1.40 bits per heavy atom. The number of rotatable bonds is 4. The SMILES string of the molecule is CC1CC(C)(C)CC1NCC(F)(F)CO. The molecule has 2 unspecified atom stereocenters. The van der Waals surface area contributed by atoms with E-state index in [2.05, 4.69) is 26.1 Å². The maximum atomic E-state index is 12.8. The molecule has 0 saturated heterocycles. The summed E-state index contributed by atoms with van der Waals surface area (Å²) in [5.41, 5.74) is 0.242. The van der Waals surface area contributed by atoms with Crippen molar-refractivity contribution in [3.8, 4) is 0 Å². The van der Waals surface area contributed by atoms with E-state index in [1.807, 2.05) is 0 Å². The minimum absolute atomic E-state index is 0.150. The highest BCUT2D eigenvalue weighted by atomic mass is 19.3. The number of aliphatic hydroxyl groups is 1. The van der Waals surface area contributed by atoms with E-state index < -0.39 is 19.1 Å². The molecule has 0 amide bonds. The lowest BCUT2D eigenvalue weighted by Gasteiger charge is -2.21. The molecule has 15 heavy (non-hydrogen) atoms. The average Bonchev–Trinajstić information content (AvgIpc) is 2.36. The van der Waals surface area contributed by atoms with Crippen LogP contribution in [0.15, 0.2) is 0 Å². The Bertz CT molecular complexity index is 219. The topological polar surface area (TPSA) is 32.3 Å². The van der Waals surface area contributed by atoms with E-state index in [4.69, 9.17) is 5.11 Å². The van der Waals surface area contributed by atoms with Crippen LogP contribution in [0, 0.1) is 11.3 Å². The lowest BCUT2D eigenvalue weighted by atomic mass is 9.91. The number of alkyl halides is 2. The van der Waals surface area contributed by atoms with E-state index in [9.17, 15) is 8.78 Å². The van der Waals surface area contributed by atoms with Crippen LogP contribution in [0.4, 0.5) is 8.78 Å². The molecule has 0 radical (unpaired) electrons. The fourth-order valence-electron chi connectivity index (χ4n) is 2.50. The molecule has 0 spiro atoms. The molecule has 0 heterocycles. The summed E-state index contributed by atoms with van der Waals surface area (Å²) in [6.45, 7) is 4.91. The standard InChI is InChI=1S/C11H21F2NO/c1-8-4-10(2,3)5-9(8)14-6-11(12,13)7-15/h8-9,14-15H,4-7H2,1-3H3. The molecule has 0 bridgehead atoms. The molecule has 2 nitrogen and oxygen atoms in total. The number of nitrogens with one attached hydrogen (secondary N) is 1. The van der Waals surface area contributed by atoms with Crippen LogP contribution in [0.3, 0.4) is 0 Å². The molecular weight excluding hydrogens is 200 g/mol. The van der Waals surface area contributed by atoms with E-state index in [1.165, 1.54) is 0 Å². The van der Waals surface area contributed by atoms with Crippen LogP contribution < -0.4 is 5.32 Å². The number of aliphatic hydroxyl groups excluding tert-OH is 1. The van der Waals surface area contributed by atoms with Crippen LogP contribution in [0.1, 0.15) is 33.6 Å². The average molecular weight is 221 g/mol. The summed E-state index contributed by atoms with van der Waals surface area (Å²) in [5, 5.41) is 11.3. The van der Waals surface area contributed by atoms with Gasteiger partial charge in [-0.25, -0.2) is 8.78 Å². The van der Waals surface area contributed by atoms with Gasteiger partial charge >= 0.3 is 0 Å². The van der Waals surface area contributed by atoms with E-state index >= 15 is 0 Å². The molecule has 1 rings (SSSR count). The molecule has 1 fully saturated rings. The van der Waals surface area contributed by atoms with Crippen LogP contribution in [0.25, 0.3) is 0 Å². The smallest absolute Gasteiger partial charge is 0.282 e. The van der Waals surface area contributed by atoms with Gasteiger partial charge in [0.15, 0.2) is 0 Å². The third kappa shape index (κ3) is 3.68. The van der Waals surface area contributed by atoms with Gasteiger partial charge in [0, 0.05) is 6.04 Å². The molecule has 0 aromatic rings. The van der Waals surface area contributed by atoms with Gasteiger partial charge in [0.2, 0.25) is 0 Å².